The number of urea groups is 1. The number of carbonyl (C=O) groups excluding carboxylic acids is 3. The summed E-state index contributed by atoms with van der Waals surface area (Å²) in [6.07, 6.45) is -4.31. The molecule has 0 unspecified atom stereocenters. The van der Waals surface area contributed by atoms with Gasteiger partial charge in [-0.1, -0.05) is 49.9 Å². The standard InChI is InChI=1S/C30H29F3N4O4S/c1-18(2)24-13-4-19(3)16-25(24)37-26(38)17-42-29(37)36-28(40)35-22-9-5-20(6-10-22)14-15-34-27(39)21-7-11-23(12-8-21)41-30(31,32)33/h4-13,16,18H,14-15,17H2,1-3H3,(H,34,39)(H,35,40). The molecule has 4 rings (SSSR count). The van der Waals surface area contributed by atoms with E-state index >= 15 is 0 Å². The fourth-order valence-electron chi connectivity index (χ4n) is 4.24. The summed E-state index contributed by atoms with van der Waals surface area (Å²) in [4.78, 5) is 43.4. The van der Waals surface area contributed by atoms with Gasteiger partial charge in [0.05, 0.1) is 11.4 Å². The molecule has 0 aromatic heterocycles. The van der Waals surface area contributed by atoms with Gasteiger partial charge in [-0.15, -0.1) is 13.2 Å². The fourth-order valence-corrected chi connectivity index (χ4v) is 5.10. The molecule has 1 aliphatic rings. The number of aliphatic imine (C=N–C) groups is 1. The molecule has 4 amide bonds. The maximum absolute atomic E-state index is 12.7. The summed E-state index contributed by atoms with van der Waals surface area (Å²) in [7, 11) is 0. The lowest BCUT2D eigenvalue weighted by Gasteiger charge is -2.22. The number of amidine groups is 1. The normalized spacial score (nSPS) is 14.4. The smallest absolute Gasteiger partial charge is 0.406 e. The van der Waals surface area contributed by atoms with Crippen LogP contribution in [-0.2, 0) is 11.2 Å². The van der Waals surface area contributed by atoms with Gasteiger partial charge in [-0.3, -0.25) is 14.5 Å². The molecular weight excluding hydrogens is 569 g/mol. The van der Waals surface area contributed by atoms with Gasteiger partial charge in [0, 0.05) is 17.8 Å². The summed E-state index contributed by atoms with van der Waals surface area (Å²) in [6.45, 7) is 6.32. The Balaban J connectivity index is 1.32. The lowest BCUT2D eigenvalue weighted by atomic mass is 9.99. The minimum absolute atomic E-state index is 0.136. The minimum atomic E-state index is -4.80. The van der Waals surface area contributed by atoms with Crippen LogP contribution < -0.4 is 20.3 Å². The van der Waals surface area contributed by atoms with Crippen molar-refractivity contribution in [1.82, 2.24) is 5.32 Å². The van der Waals surface area contributed by atoms with Crippen LogP contribution in [-0.4, -0.2) is 41.7 Å². The largest absolute Gasteiger partial charge is 0.573 e. The van der Waals surface area contributed by atoms with Crippen molar-refractivity contribution in [3.05, 3.63) is 89.0 Å². The van der Waals surface area contributed by atoms with Gasteiger partial charge in [0.15, 0.2) is 5.17 Å². The second-order valence-corrected chi connectivity index (χ2v) is 10.8. The maximum Gasteiger partial charge on any atom is 0.573 e. The second-order valence-electron chi connectivity index (χ2n) is 9.83. The van der Waals surface area contributed by atoms with Crippen LogP contribution in [0.3, 0.4) is 0 Å². The number of aryl methyl sites for hydroxylation is 1. The molecule has 0 aliphatic carbocycles. The van der Waals surface area contributed by atoms with Crippen LogP contribution in [0.2, 0.25) is 0 Å². The Morgan fingerprint density at radius 1 is 1.05 bits per heavy atom. The molecule has 8 nitrogen and oxygen atoms in total. The first kappa shape index (κ1) is 30.6. The van der Waals surface area contributed by atoms with E-state index in [4.69, 9.17) is 0 Å². The second kappa shape index (κ2) is 13.1. The number of carbonyl (C=O) groups is 3. The quantitative estimate of drug-likeness (QED) is 0.302. The van der Waals surface area contributed by atoms with E-state index in [1.54, 1.807) is 24.3 Å². The molecule has 0 atom stereocenters. The third-order valence-electron chi connectivity index (χ3n) is 6.27. The number of thioether (sulfide) groups is 1. The Kier molecular flexibility index (Phi) is 9.56. The van der Waals surface area contributed by atoms with Gasteiger partial charge in [0.1, 0.15) is 5.75 Å². The van der Waals surface area contributed by atoms with Crippen LogP contribution in [0.15, 0.2) is 71.7 Å². The molecule has 1 saturated heterocycles. The highest BCUT2D eigenvalue weighted by Gasteiger charge is 2.33. The molecule has 3 aromatic rings. The fraction of sp³-hybridized carbons (Fsp3) is 0.267. The lowest BCUT2D eigenvalue weighted by molar-refractivity contribution is -0.274. The summed E-state index contributed by atoms with van der Waals surface area (Å²) < 4.78 is 40.7. The van der Waals surface area contributed by atoms with Gasteiger partial charge in [0.25, 0.3) is 5.91 Å². The molecule has 42 heavy (non-hydrogen) atoms. The van der Waals surface area contributed by atoms with E-state index in [9.17, 15) is 27.6 Å². The predicted octanol–water partition coefficient (Wildman–Crippen LogP) is 6.66. The Bertz CT molecular complexity index is 1490. The number of alkyl halides is 3. The van der Waals surface area contributed by atoms with Crippen molar-refractivity contribution < 1.29 is 32.3 Å². The van der Waals surface area contributed by atoms with Crippen molar-refractivity contribution in [3.8, 4) is 5.75 Å². The Hall–Kier alpha value is -4.32. The molecule has 2 N–H and O–H groups in total. The predicted molar refractivity (Wildman–Crippen MR) is 157 cm³/mol. The molecule has 1 aliphatic heterocycles. The third kappa shape index (κ3) is 8.12. The number of nitrogens with one attached hydrogen (secondary N) is 2. The van der Waals surface area contributed by atoms with E-state index in [1.165, 1.54) is 28.8 Å². The zero-order valence-corrected chi connectivity index (χ0v) is 23.9. The highest BCUT2D eigenvalue weighted by Crippen LogP contribution is 2.34. The minimum Gasteiger partial charge on any atom is -0.406 e. The van der Waals surface area contributed by atoms with E-state index in [0.29, 0.717) is 17.3 Å². The Morgan fingerprint density at radius 2 is 1.74 bits per heavy atom. The number of anilines is 2. The first-order valence-corrected chi connectivity index (χ1v) is 14.1. The zero-order valence-electron chi connectivity index (χ0n) is 23.1. The maximum atomic E-state index is 12.7. The van der Waals surface area contributed by atoms with Crippen LogP contribution in [0, 0.1) is 6.92 Å². The highest BCUT2D eigenvalue weighted by molar-refractivity contribution is 8.15. The average Bonchev–Trinajstić information content (AvgIpc) is 3.28. The van der Waals surface area contributed by atoms with Gasteiger partial charge < -0.3 is 15.4 Å². The van der Waals surface area contributed by atoms with E-state index < -0.39 is 24.1 Å². The molecule has 220 valence electrons. The average molecular weight is 599 g/mol. The molecule has 0 bridgehead atoms. The summed E-state index contributed by atoms with van der Waals surface area (Å²) >= 11 is 1.21. The van der Waals surface area contributed by atoms with Crippen LogP contribution in [0.4, 0.5) is 29.3 Å². The summed E-state index contributed by atoms with van der Waals surface area (Å²) in [5, 5.41) is 5.75. The molecule has 1 fully saturated rings. The molecule has 0 spiro atoms. The van der Waals surface area contributed by atoms with Crippen LogP contribution >= 0.6 is 11.8 Å². The first-order valence-electron chi connectivity index (χ1n) is 13.1. The van der Waals surface area contributed by atoms with Crippen molar-refractivity contribution in [3.63, 3.8) is 0 Å². The molecular formula is C30H29F3N4O4S. The third-order valence-corrected chi connectivity index (χ3v) is 7.19. The zero-order chi connectivity index (χ0) is 30.4. The topological polar surface area (TPSA) is 100 Å². The van der Waals surface area contributed by atoms with E-state index in [1.807, 2.05) is 39.0 Å². The number of halogens is 3. The molecule has 3 aromatic carbocycles. The van der Waals surface area contributed by atoms with Crippen molar-refractivity contribution in [1.29, 1.82) is 0 Å². The highest BCUT2D eigenvalue weighted by atomic mass is 32.2. The number of hydrogen-bond acceptors (Lipinski definition) is 5. The van der Waals surface area contributed by atoms with E-state index in [-0.39, 0.29) is 29.7 Å². The molecule has 12 heteroatoms. The first-order chi connectivity index (χ1) is 19.9. The molecule has 1 heterocycles. The SMILES string of the molecule is Cc1ccc(C(C)C)c(N2C(=O)CSC2=NC(=O)Nc2ccc(CCNC(=O)c3ccc(OC(F)(F)F)cc3)cc2)c1. The number of rotatable bonds is 8. The van der Waals surface area contributed by atoms with Gasteiger partial charge in [-0.25, -0.2) is 4.79 Å². The Morgan fingerprint density at radius 3 is 2.38 bits per heavy atom. The number of benzene rings is 3. The van der Waals surface area contributed by atoms with Crippen molar-refractivity contribution in [2.75, 3.05) is 22.5 Å². The molecule has 0 radical (unpaired) electrons. The summed E-state index contributed by atoms with van der Waals surface area (Å²) in [5.41, 5.74) is 4.32. The monoisotopic (exact) mass is 598 g/mol. The van der Waals surface area contributed by atoms with Crippen molar-refractivity contribution in [2.45, 2.75) is 39.5 Å². The van der Waals surface area contributed by atoms with Crippen molar-refractivity contribution >= 4 is 46.1 Å². The van der Waals surface area contributed by atoms with Gasteiger partial charge >= 0.3 is 12.4 Å². The molecule has 0 saturated carbocycles. The summed E-state index contributed by atoms with van der Waals surface area (Å²) in [6, 6.07) is 16.9. The number of amides is 4. The number of hydrogen-bond donors (Lipinski definition) is 2. The van der Waals surface area contributed by atoms with Crippen LogP contribution in [0.25, 0.3) is 0 Å². The number of nitrogens with zero attached hydrogens (tertiary/aromatic N) is 2. The number of ether oxygens (including phenoxy) is 1. The van der Waals surface area contributed by atoms with E-state index in [0.717, 1.165) is 34.5 Å². The van der Waals surface area contributed by atoms with Crippen LogP contribution in [0.5, 0.6) is 5.75 Å². The van der Waals surface area contributed by atoms with Gasteiger partial charge in [-0.05, 0) is 78.4 Å². The Labute approximate surface area is 245 Å². The van der Waals surface area contributed by atoms with E-state index in [2.05, 4.69) is 20.4 Å². The van der Waals surface area contributed by atoms with Crippen LogP contribution in [0.1, 0.15) is 46.8 Å². The summed E-state index contributed by atoms with van der Waals surface area (Å²) in [5.74, 6) is -0.602. The lowest BCUT2D eigenvalue weighted by Crippen LogP contribution is -2.31. The van der Waals surface area contributed by atoms with Gasteiger partial charge in [-0.2, -0.15) is 4.99 Å². The van der Waals surface area contributed by atoms with Crippen molar-refractivity contribution in [2.24, 2.45) is 4.99 Å². The van der Waals surface area contributed by atoms with Gasteiger partial charge in [0.2, 0.25) is 5.91 Å².